The summed E-state index contributed by atoms with van der Waals surface area (Å²) in [6.45, 7) is 1.88. The molecule has 0 saturated heterocycles. The molecular formula is C15H13IO. The lowest BCUT2D eigenvalue weighted by Gasteiger charge is -2.03. The van der Waals surface area contributed by atoms with Gasteiger partial charge in [-0.1, -0.05) is 43.3 Å². The zero-order valence-corrected chi connectivity index (χ0v) is 11.8. The van der Waals surface area contributed by atoms with Crippen molar-refractivity contribution in [2.24, 2.45) is 0 Å². The summed E-state index contributed by atoms with van der Waals surface area (Å²) in [7, 11) is 0. The Labute approximate surface area is 115 Å². The highest BCUT2D eigenvalue weighted by Gasteiger charge is 2.03. The third-order valence-electron chi connectivity index (χ3n) is 2.71. The number of benzene rings is 2. The highest BCUT2D eigenvalue weighted by molar-refractivity contribution is 14.1. The zero-order chi connectivity index (χ0) is 12.3. The van der Waals surface area contributed by atoms with Crippen LogP contribution in [-0.2, 0) is 0 Å². The predicted octanol–water partition coefficient (Wildman–Crippen LogP) is 4.55. The number of ketones is 1. The largest absolute Gasteiger partial charge is 0.294 e. The van der Waals surface area contributed by atoms with E-state index in [2.05, 4.69) is 46.9 Å². The Bertz CT molecular complexity index is 512. The van der Waals surface area contributed by atoms with E-state index in [4.69, 9.17) is 0 Å². The van der Waals surface area contributed by atoms with Crippen LogP contribution in [0.3, 0.4) is 0 Å². The van der Waals surface area contributed by atoms with Gasteiger partial charge >= 0.3 is 0 Å². The Balaban J connectivity index is 2.29. The Morgan fingerprint density at radius 2 is 1.41 bits per heavy atom. The van der Waals surface area contributed by atoms with E-state index in [0.717, 1.165) is 11.1 Å². The normalized spacial score (nSPS) is 10.2. The molecule has 17 heavy (non-hydrogen) atoms. The third-order valence-corrected chi connectivity index (χ3v) is 3.42. The fourth-order valence-electron chi connectivity index (χ4n) is 1.70. The van der Waals surface area contributed by atoms with Gasteiger partial charge in [0.1, 0.15) is 0 Å². The number of hydrogen-bond acceptors (Lipinski definition) is 1. The number of Topliss-reactive ketones (excluding diaryl/α,β-unsaturated/α-hetero) is 1. The van der Waals surface area contributed by atoms with Crippen LogP contribution >= 0.6 is 22.6 Å². The monoisotopic (exact) mass is 336 g/mol. The number of rotatable bonds is 3. The molecule has 0 radical (unpaired) electrons. The molecular weight excluding hydrogens is 323 g/mol. The molecule has 0 heterocycles. The third kappa shape index (κ3) is 2.94. The van der Waals surface area contributed by atoms with Gasteiger partial charge in [0.05, 0.1) is 0 Å². The molecule has 0 aliphatic carbocycles. The number of carbonyl (C=O) groups excluding carboxylic acids is 1. The van der Waals surface area contributed by atoms with Gasteiger partial charge in [0.25, 0.3) is 0 Å². The fourth-order valence-corrected chi connectivity index (χ4v) is 2.05. The second-order valence-electron chi connectivity index (χ2n) is 3.86. The first-order valence-corrected chi connectivity index (χ1v) is 6.68. The molecule has 2 aromatic carbocycles. The molecule has 0 aliphatic heterocycles. The molecule has 86 valence electrons. The van der Waals surface area contributed by atoms with Crippen molar-refractivity contribution >= 4 is 28.4 Å². The summed E-state index contributed by atoms with van der Waals surface area (Å²) in [5.74, 6) is 0.194. The van der Waals surface area contributed by atoms with Crippen LogP contribution in [0.4, 0.5) is 0 Å². The molecule has 0 unspecified atom stereocenters. The van der Waals surface area contributed by atoms with E-state index >= 15 is 0 Å². The van der Waals surface area contributed by atoms with Gasteiger partial charge in [0.15, 0.2) is 5.78 Å². The summed E-state index contributed by atoms with van der Waals surface area (Å²) in [5, 5.41) is 0. The quantitative estimate of drug-likeness (QED) is 0.594. The zero-order valence-electron chi connectivity index (χ0n) is 9.61. The van der Waals surface area contributed by atoms with Gasteiger partial charge in [-0.05, 0) is 45.9 Å². The average molecular weight is 336 g/mol. The SMILES string of the molecule is CCC(=O)c1ccc(-c2ccc(I)cc2)cc1. The first-order valence-electron chi connectivity index (χ1n) is 5.60. The Hall–Kier alpha value is -1.16. The predicted molar refractivity (Wildman–Crippen MR) is 79.2 cm³/mol. The Morgan fingerprint density at radius 3 is 1.88 bits per heavy atom. The van der Waals surface area contributed by atoms with Crippen LogP contribution in [0, 0.1) is 3.57 Å². The highest BCUT2D eigenvalue weighted by atomic mass is 127. The Morgan fingerprint density at radius 1 is 0.941 bits per heavy atom. The van der Waals surface area contributed by atoms with E-state index < -0.39 is 0 Å². The van der Waals surface area contributed by atoms with E-state index in [9.17, 15) is 4.79 Å². The van der Waals surface area contributed by atoms with E-state index in [0.29, 0.717) is 6.42 Å². The van der Waals surface area contributed by atoms with Gasteiger partial charge in [0.2, 0.25) is 0 Å². The molecule has 2 rings (SSSR count). The van der Waals surface area contributed by atoms with Crippen molar-refractivity contribution in [3.63, 3.8) is 0 Å². The Kier molecular flexibility index (Phi) is 3.94. The molecule has 0 fully saturated rings. The maximum atomic E-state index is 11.5. The van der Waals surface area contributed by atoms with Crippen molar-refractivity contribution in [2.45, 2.75) is 13.3 Å². The van der Waals surface area contributed by atoms with Gasteiger partial charge in [0, 0.05) is 15.6 Å². The standard InChI is InChI=1S/C15H13IO/c1-2-15(17)13-5-3-11(4-6-13)12-7-9-14(16)10-8-12/h3-10H,2H2,1H3. The van der Waals surface area contributed by atoms with Gasteiger partial charge in [-0.2, -0.15) is 0 Å². The second kappa shape index (κ2) is 5.45. The first kappa shape index (κ1) is 12.3. The first-order chi connectivity index (χ1) is 8.20. The lowest BCUT2D eigenvalue weighted by Crippen LogP contribution is -1.95. The molecule has 0 amide bonds. The van der Waals surface area contributed by atoms with Crippen LogP contribution in [-0.4, -0.2) is 5.78 Å². The van der Waals surface area contributed by atoms with E-state index in [-0.39, 0.29) is 5.78 Å². The van der Waals surface area contributed by atoms with Crippen molar-refractivity contribution in [1.29, 1.82) is 0 Å². The highest BCUT2D eigenvalue weighted by Crippen LogP contribution is 2.21. The molecule has 0 spiro atoms. The summed E-state index contributed by atoms with van der Waals surface area (Å²) in [4.78, 5) is 11.5. The molecule has 2 heteroatoms. The molecule has 0 aliphatic rings. The van der Waals surface area contributed by atoms with Crippen molar-refractivity contribution in [3.05, 3.63) is 57.7 Å². The molecule has 0 aromatic heterocycles. The topological polar surface area (TPSA) is 17.1 Å². The minimum Gasteiger partial charge on any atom is -0.294 e. The minimum absolute atomic E-state index is 0.194. The summed E-state index contributed by atoms with van der Waals surface area (Å²) in [5.41, 5.74) is 3.12. The fraction of sp³-hybridized carbons (Fsp3) is 0.133. The number of carbonyl (C=O) groups is 1. The smallest absolute Gasteiger partial charge is 0.162 e. The van der Waals surface area contributed by atoms with E-state index in [1.54, 1.807) is 0 Å². The van der Waals surface area contributed by atoms with Crippen molar-refractivity contribution in [2.75, 3.05) is 0 Å². The van der Waals surface area contributed by atoms with Crippen LogP contribution < -0.4 is 0 Å². The second-order valence-corrected chi connectivity index (χ2v) is 5.11. The van der Waals surface area contributed by atoms with Crippen LogP contribution in [0.15, 0.2) is 48.5 Å². The number of halogens is 1. The maximum Gasteiger partial charge on any atom is 0.162 e. The molecule has 0 N–H and O–H groups in total. The van der Waals surface area contributed by atoms with Crippen molar-refractivity contribution < 1.29 is 4.79 Å². The average Bonchev–Trinajstić information content (AvgIpc) is 2.39. The van der Waals surface area contributed by atoms with Crippen LogP contribution in [0.5, 0.6) is 0 Å². The lowest BCUT2D eigenvalue weighted by atomic mass is 10.0. The molecule has 2 aromatic rings. The van der Waals surface area contributed by atoms with Crippen LogP contribution in [0.25, 0.3) is 11.1 Å². The summed E-state index contributed by atoms with van der Waals surface area (Å²) in [6.07, 6.45) is 0.558. The van der Waals surface area contributed by atoms with Gasteiger partial charge in [-0.3, -0.25) is 4.79 Å². The molecule has 0 saturated carbocycles. The molecule has 1 nitrogen and oxygen atoms in total. The summed E-state index contributed by atoms with van der Waals surface area (Å²) >= 11 is 2.29. The lowest BCUT2D eigenvalue weighted by molar-refractivity contribution is 0.0988. The van der Waals surface area contributed by atoms with Crippen molar-refractivity contribution in [1.82, 2.24) is 0 Å². The van der Waals surface area contributed by atoms with Gasteiger partial charge in [-0.15, -0.1) is 0 Å². The van der Waals surface area contributed by atoms with E-state index in [1.807, 2.05) is 31.2 Å². The molecule has 0 atom stereocenters. The van der Waals surface area contributed by atoms with Crippen LogP contribution in [0.1, 0.15) is 23.7 Å². The van der Waals surface area contributed by atoms with Gasteiger partial charge in [-0.25, -0.2) is 0 Å². The van der Waals surface area contributed by atoms with Crippen molar-refractivity contribution in [3.8, 4) is 11.1 Å². The molecule has 0 bridgehead atoms. The summed E-state index contributed by atoms with van der Waals surface area (Å²) in [6, 6.07) is 16.2. The van der Waals surface area contributed by atoms with Crippen LogP contribution in [0.2, 0.25) is 0 Å². The maximum absolute atomic E-state index is 11.5. The minimum atomic E-state index is 0.194. The van der Waals surface area contributed by atoms with Gasteiger partial charge < -0.3 is 0 Å². The summed E-state index contributed by atoms with van der Waals surface area (Å²) < 4.78 is 1.23. The number of hydrogen-bond donors (Lipinski definition) is 0. The van der Waals surface area contributed by atoms with E-state index in [1.165, 1.54) is 9.13 Å².